The van der Waals surface area contributed by atoms with Gasteiger partial charge in [-0.05, 0) is 37.5 Å². The molecule has 2 amide bonds. The number of para-hydroxylation sites is 1. The number of aromatic nitrogens is 3. The number of hydrogen-bond donors (Lipinski definition) is 1. The molecule has 0 spiro atoms. The number of carbonyl (C=O) groups excluding carboxylic acids is 1. The van der Waals surface area contributed by atoms with Crippen molar-refractivity contribution < 1.29 is 4.79 Å². The quantitative estimate of drug-likeness (QED) is 0.732. The number of nitrogens with zero attached hydrogens (tertiary/aromatic N) is 4. The second-order valence-electron chi connectivity index (χ2n) is 7.95. The Labute approximate surface area is 168 Å². The first kappa shape index (κ1) is 17.7. The Bertz CT molecular complexity index is 1120. The fourth-order valence-corrected chi connectivity index (χ4v) is 4.62. The Morgan fingerprint density at radius 2 is 1.90 bits per heavy atom. The minimum absolute atomic E-state index is 0.0528. The van der Waals surface area contributed by atoms with Crippen molar-refractivity contribution in [3.05, 3.63) is 76.3 Å². The van der Waals surface area contributed by atoms with Gasteiger partial charge < -0.3 is 9.47 Å². The topological polar surface area (TPSA) is 72.2 Å². The monoisotopic (exact) mass is 389 g/mol. The lowest BCUT2D eigenvalue weighted by Crippen LogP contribution is -2.50. The average Bonchev–Trinajstić information content (AvgIpc) is 3.09. The first-order valence-corrected chi connectivity index (χ1v) is 9.96. The first-order valence-electron chi connectivity index (χ1n) is 9.96. The molecule has 3 aromatic rings. The molecule has 29 heavy (non-hydrogen) atoms. The van der Waals surface area contributed by atoms with Gasteiger partial charge in [0.05, 0.1) is 5.69 Å². The Morgan fingerprint density at radius 3 is 2.72 bits per heavy atom. The second kappa shape index (κ2) is 6.92. The Morgan fingerprint density at radius 1 is 1.07 bits per heavy atom. The molecule has 5 rings (SSSR count). The van der Waals surface area contributed by atoms with Gasteiger partial charge in [0.25, 0.3) is 5.56 Å². The summed E-state index contributed by atoms with van der Waals surface area (Å²) >= 11 is 0. The normalized spacial score (nSPS) is 20.2. The van der Waals surface area contributed by atoms with Crippen LogP contribution in [-0.4, -0.2) is 38.4 Å². The molecule has 2 aliphatic heterocycles. The molecule has 2 atom stereocenters. The summed E-state index contributed by atoms with van der Waals surface area (Å²) in [4.78, 5) is 27.0. The molecule has 0 aliphatic carbocycles. The number of pyridine rings is 1. The number of piperidine rings is 1. The van der Waals surface area contributed by atoms with Crippen LogP contribution < -0.4 is 10.9 Å². The lowest BCUT2D eigenvalue weighted by Gasteiger charge is -2.42. The molecule has 0 saturated carbocycles. The number of amides is 2. The number of aryl methyl sites for hydroxylation is 1. The zero-order valence-corrected chi connectivity index (χ0v) is 16.3. The Hall–Kier alpha value is -3.35. The van der Waals surface area contributed by atoms with Crippen LogP contribution in [0.3, 0.4) is 0 Å². The predicted molar refractivity (Wildman–Crippen MR) is 110 cm³/mol. The summed E-state index contributed by atoms with van der Waals surface area (Å²) in [5.74, 6) is 1.05. The Kier molecular flexibility index (Phi) is 4.23. The van der Waals surface area contributed by atoms with Crippen LogP contribution in [0.5, 0.6) is 0 Å². The average molecular weight is 389 g/mol. The number of urea groups is 1. The van der Waals surface area contributed by atoms with Gasteiger partial charge in [0.1, 0.15) is 0 Å². The molecule has 2 aromatic heterocycles. The number of likely N-dealkylation sites (tertiary alicyclic amines) is 1. The first-order chi connectivity index (χ1) is 14.1. The van der Waals surface area contributed by atoms with Gasteiger partial charge in [0.15, 0.2) is 5.82 Å². The number of nitrogens with one attached hydrogen (secondary N) is 1. The summed E-state index contributed by atoms with van der Waals surface area (Å²) in [6, 6.07) is 17.0. The van der Waals surface area contributed by atoms with Crippen LogP contribution in [0.1, 0.15) is 23.7 Å². The molecular formula is C22H23N5O2. The van der Waals surface area contributed by atoms with Gasteiger partial charge in [-0.2, -0.15) is 0 Å². The van der Waals surface area contributed by atoms with Gasteiger partial charge in [-0.15, -0.1) is 5.10 Å². The zero-order valence-electron chi connectivity index (χ0n) is 16.3. The maximum absolute atomic E-state index is 12.9. The van der Waals surface area contributed by atoms with Gasteiger partial charge in [0.2, 0.25) is 0 Å². The molecular weight excluding hydrogens is 366 g/mol. The van der Waals surface area contributed by atoms with Gasteiger partial charge in [0, 0.05) is 49.1 Å². The smallest absolute Gasteiger partial charge is 0.323 e. The number of hydrogen-bond acceptors (Lipinski definition) is 3. The third-order valence-electron chi connectivity index (χ3n) is 5.89. The molecule has 1 N–H and O–H groups in total. The molecule has 7 heteroatoms. The fraction of sp³-hybridized carbons (Fsp3) is 0.318. The van der Waals surface area contributed by atoms with Gasteiger partial charge >= 0.3 is 6.03 Å². The number of anilines is 1. The predicted octanol–water partition coefficient (Wildman–Crippen LogP) is 2.99. The van der Waals surface area contributed by atoms with Crippen molar-refractivity contribution in [1.29, 1.82) is 0 Å². The highest BCUT2D eigenvalue weighted by Crippen LogP contribution is 2.35. The van der Waals surface area contributed by atoms with Gasteiger partial charge in [-0.3, -0.25) is 10.1 Å². The molecule has 148 valence electrons. The van der Waals surface area contributed by atoms with E-state index in [2.05, 4.69) is 10.4 Å². The van der Waals surface area contributed by atoms with Crippen LogP contribution in [0.25, 0.3) is 5.69 Å². The van der Waals surface area contributed by atoms with Crippen molar-refractivity contribution in [3.63, 3.8) is 0 Å². The summed E-state index contributed by atoms with van der Waals surface area (Å²) in [5, 5.41) is 7.50. The maximum atomic E-state index is 12.9. The summed E-state index contributed by atoms with van der Waals surface area (Å²) < 4.78 is 3.70. The maximum Gasteiger partial charge on any atom is 0.323 e. The number of carbonyl (C=O) groups is 1. The molecule has 2 bridgehead atoms. The summed E-state index contributed by atoms with van der Waals surface area (Å²) in [5.41, 5.74) is 3.00. The standard InChI is InChI=1S/C22H23N5O2/c1-15-10-20(24-27(15)18-6-3-2-4-7-18)23-22(29)25-12-16-11-17(14-25)19-8-5-9-21(28)26(19)13-16/h2-10,16-17H,11-14H2,1H3,(H,23,24,29)/t16-,17+/m0/s1. The number of rotatable bonds is 2. The van der Waals surface area contributed by atoms with E-state index in [-0.39, 0.29) is 17.5 Å². The third-order valence-corrected chi connectivity index (χ3v) is 5.89. The molecule has 0 radical (unpaired) electrons. The van der Waals surface area contributed by atoms with Crippen LogP contribution in [0.2, 0.25) is 0 Å². The highest BCUT2D eigenvalue weighted by molar-refractivity contribution is 5.88. The lowest BCUT2D eigenvalue weighted by molar-refractivity contribution is 0.139. The highest BCUT2D eigenvalue weighted by atomic mass is 16.2. The summed E-state index contributed by atoms with van der Waals surface area (Å²) in [7, 11) is 0. The van der Waals surface area contributed by atoms with E-state index in [1.165, 1.54) is 0 Å². The molecule has 0 unspecified atom stereocenters. The van der Waals surface area contributed by atoms with E-state index in [1.54, 1.807) is 6.07 Å². The van der Waals surface area contributed by atoms with Gasteiger partial charge in [-0.1, -0.05) is 24.3 Å². The largest absolute Gasteiger partial charge is 0.323 e. The van der Waals surface area contributed by atoms with Crippen LogP contribution in [-0.2, 0) is 6.54 Å². The van der Waals surface area contributed by atoms with Crippen LogP contribution >= 0.6 is 0 Å². The third kappa shape index (κ3) is 3.22. The van der Waals surface area contributed by atoms with Crippen molar-refractivity contribution in [1.82, 2.24) is 19.2 Å². The van der Waals surface area contributed by atoms with E-state index in [4.69, 9.17) is 0 Å². The van der Waals surface area contributed by atoms with E-state index in [0.29, 0.717) is 31.4 Å². The van der Waals surface area contributed by atoms with Crippen LogP contribution in [0, 0.1) is 12.8 Å². The van der Waals surface area contributed by atoms with E-state index in [9.17, 15) is 9.59 Å². The number of benzene rings is 1. The van der Waals surface area contributed by atoms with Crippen molar-refractivity contribution in [2.45, 2.75) is 25.8 Å². The van der Waals surface area contributed by atoms with E-state index in [1.807, 2.05) is 69.6 Å². The van der Waals surface area contributed by atoms with E-state index in [0.717, 1.165) is 23.5 Å². The van der Waals surface area contributed by atoms with E-state index < -0.39 is 0 Å². The minimum atomic E-state index is -0.135. The van der Waals surface area contributed by atoms with Crippen molar-refractivity contribution in [2.24, 2.45) is 5.92 Å². The van der Waals surface area contributed by atoms with Crippen LogP contribution in [0.4, 0.5) is 10.6 Å². The molecule has 1 fully saturated rings. The van der Waals surface area contributed by atoms with Crippen LogP contribution in [0.15, 0.2) is 59.4 Å². The van der Waals surface area contributed by atoms with E-state index >= 15 is 0 Å². The molecule has 1 saturated heterocycles. The minimum Gasteiger partial charge on any atom is -0.323 e. The van der Waals surface area contributed by atoms with Gasteiger partial charge in [-0.25, -0.2) is 9.48 Å². The highest BCUT2D eigenvalue weighted by Gasteiger charge is 2.36. The van der Waals surface area contributed by atoms with Crippen molar-refractivity contribution in [2.75, 3.05) is 18.4 Å². The van der Waals surface area contributed by atoms with Crippen molar-refractivity contribution in [3.8, 4) is 5.69 Å². The molecule has 7 nitrogen and oxygen atoms in total. The molecule has 2 aliphatic rings. The van der Waals surface area contributed by atoms with Crippen molar-refractivity contribution >= 4 is 11.8 Å². The Balaban J connectivity index is 1.33. The molecule has 4 heterocycles. The SMILES string of the molecule is Cc1cc(NC(=O)N2C[C@@H]3C[C@H](C2)c2cccc(=O)n2C3)nn1-c1ccccc1. The number of fused-ring (bicyclic) bond motifs is 4. The lowest BCUT2D eigenvalue weighted by atomic mass is 9.83. The zero-order chi connectivity index (χ0) is 20.0. The molecule has 1 aromatic carbocycles. The summed E-state index contributed by atoms with van der Waals surface area (Å²) in [6.45, 7) is 3.91. The second-order valence-corrected chi connectivity index (χ2v) is 7.95. The fourth-order valence-electron chi connectivity index (χ4n) is 4.62. The summed E-state index contributed by atoms with van der Waals surface area (Å²) in [6.07, 6.45) is 1.02.